The maximum atomic E-state index is 12.3. The van der Waals surface area contributed by atoms with Crippen LogP contribution < -0.4 is 16.2 Å². The minimum Gasteiger partial charge on any atom is -0.313 e. The minimum atomic E-state index is -1.07. The van der Waals surface area contributed by atoms with Gasteiger partial charge >= 0.3 is 0 Å². The zero-order valence-corrected chi connectivity index (χ0v) is 13.1. The normalized spacial score (nSPS) is 24.5. The van der Waals surface area contributed by atoms with E-state index in [2.05, 4.69) is 37.1 Å². The van der Waals surface area contributed by atoms with Crippen molar-refractivity contribution in [1.82, 2.24) is 20.4 Å². The average Bonchev–Trinajstić information content (AvgIpc) is 3.01. The number of hydrogen-bond acceptors (Lipinski definition) is 6. The van der Waals surface area contributed by atoms with Gasteiger partial charge in [0.15, 0.2) is 0 Å². The van der Waals surface area contributed by atoms with E-state index in [0.29, 0.717) is 5.95 Å². The second-order valence-corrected chi connectivity index (χ2v) is 5.97. The predicted molar refractivity (Wildman–Crippen MR) is 82.9 cm³/mol. The number of benzene rings is 1. The quantitative estimate of drug-likeness (QED) is 0.409. The van der Waals surface area contributed by atoms with Crippen molar-refractivity contribution in [1.29, 1.82) is 0 Å². The number of alkyl halides is 1. The largest absolute Gasteiger partial charge is 0.313 e. The van der Waals surface area contributed by atoms with Gasteiger partial charge in [-0.3, -0.25) is 20.2 Å². The van der Waals surface area contributed by atoms with Crippen molar-refractivity contribution in [3.8, 4) is 0 Å². The zero-order chi connectivity index (χ0) is 15.9. The molecule has 2 aromatic rings. The number of rotatable bonds is 3. The molecule has 9 nitrogen and oxygen atoms in total. The maximum absolute atomic E-state index is 12.3. The van der Waals surface area contributed by atoms with Crippen molar-refractivity contribution >= 4 is 38.8 Å². The summed E-state index contributed by atoms with van der Waals surface area (Å²) in [4.78, 5) is 26.3. The summed E-state index contributed by atoms with van der Waals surface area (Å²) in [7, 11) is 1.79. The highest BCUT2D eigenvalue weighted by molar-refractivity contribution is 9.09. The maximum Gasteiger partial charge on any atom is 0.292 e. The Balaban J connectivity index is 1.79. The second-order valence-electron chi connectivity index (χ2n) is 4.91. The second kappa shape index (κ2) is 5.63. The molecule has 3 rings (SSSR count). The molecule has 0 aliphatic carbocycles. The van der Waals surface area contributed by atoms with Gasteiger partial charge in [-0.15, -0.1) is 0 Å². The molecule has 116 valence electrons. The fourth-order valence-corrected chi connectivity index (χ4v) is 3.04. The summed E-state index contributed by atoms with van der Waals surface area (Å²) in [5, 5.41) is 13.5. The lowest BCUT2D eigenvalue weighted by atomic mass is 10.2. The highest BCUT2D eigenvalue weighted by Gasteiger charge is 2.45. The number of aromatic nitrogens is 2. The Morgan fingerprint density at radius 1 is 1.45 bits per heavy atom. The Hall–Kier alpha value is -2.04. The van der Waals surface area contributed by atoms with Crippen LogP contribution in [0.25, 0.3) is 11.0 Å². The van der Waals surface area contributed by atoms with Gasteiger partial charge in [-0.2, -0.15) is 5.43 Å². The molecule has 0 saturated carbocycles. The van der Waals surface area contributed by atoms with E-state index in [1.54, 1.807) is 11.6 Å². The van der Waals surface area contributed by atoms with Gasteiger partial charge < -0.3 is 4.57 Å². The van der Waals surface area contributed by atoms with Crippen molar-refractivity contribution in [2.24, 2.45) is 7.05 Å². The summed E-state index contributed by atoms with van der Waals surface area (Å²) in [5.41, 5.74) is 6.75. The molecule has 22 heavy (non-hydrogen) atoms. The van der Waals surface area contributed by atoms with Crippen LogP contribution in [0.4, 0.5) is 5.95 Å². The lowest BCUT2D eigenvalue weighted by Gasteiger charge is -2.12. The SMILES string of the molecule is Cn1c(NC(=O)C2NNC([N+](=O)[O-])C2Br)nc2ccccc21. The summed E-state index contributed by atoms with van der Waals surface area (Å²) in [6.45, 7) is 0. The highest BCUT2D eigenvalue weighted by atomic mass is 79.9. The lowest BCUT2D eigenvalue weighted by molar-refractivity contribution is -0.525. The van der Waals surface area contributed by atoms with Gasteiger partial charge in [0.2, 0.25) is 11.9 Å². The fourth-order valence-electron chi connectivity index (χ4n) is 2.34. The van der Waals surface area contributed by atoms with Gasteiger partial charge in [-0.1, -0.05) is 28.1 Å². The summed E-state index contributed by atoms with van der Waals surface area (Å²) < 4.78 is 1.75. The number of hydrogen-bond donors (Lipinski definition) is 3. The van der Waals surface area contributed by atoms with Gasteiger partial charge in [0, 0.05) is 12.0 Å². The van der Waals surface area contributed by atoms with E-state index in [0.717, 1.165) is 11.0 Å². The number of aryl methyl sites for hydroxylation is 1. The van der Waals surface area contributed by atoms with Crippen molar-refractivity contribution in [2.45, 2.75) is 17.0 Å². The topological polar surface area (TPSA) is 114 Å². The van der Waals surface area contributed by atoms with Crippen LogP contribution in [-0.4, -0.2) is 37.4 Å². The first kappa shape index (κ1) is 14.9. The molecule has 10 heteroatoms. The fraction of sp³-hybridized carbons (Fsp3) is 0.333. The molecule has 1 fully saturated rings. The van der Waals surface area contributed by atoms with Crippen LogP contribution in [-0.2, 0) is 11.8 Å². The Labute approximate surface area is 133 Å². The summed E-state index contributed by atoms with van der Waals surface area (Å²) >= 11 is 3.18. The number of halogens is 1. The number of imidazole rings is 1. The number of fused-ring (bicyclic) bond motifs is 1. The molecule has 0 spiro atoms. The molecular weight excluding hydrogens is 356 g/mol. The van der Waals surface area contributed by atoms with Gasteiger partial charge in [0.05, 0.1) is 11.0 Å². The van der Waals surface area contributed by atoms with Crippen LogP contribution in [0.3, 0.4) is 0 Å². The standard InChI is InChI=1S/C12H13BrN6O3/c1-18-7-5-3-2-4-6(7)14-12(18)15-11(20)9-8(13)10(17-16-9)19(21)22/h2-5,8-10,16-17H,1H3,(H,14,15,20). The third-order valence-corrected chi connectivity index (χ3v) is 4.57. The average molecular weight is 369 g/mol. The molecule has 3 N–H and O–H groups in total. The Bertz CT molecular complexity index is 748. The minimum absolute atomic E-state index is 0.386. The number of nitrogens with zero attached hydrogens (tertiary/aromatic N) is 3. The molecule has 1 amide bonds. The smallest absolute Gasteiger partial charge is 0.292 e. The van der Waals surface area contributed by atoms with E-state index in [1.807, 2.05) is 24.3 Å². The van der Waals surface area contributed by atoms with Crippen molar-refractivity contribution in [3.63, 3.8) is 0 Å². The Kier molecular flexibility index (Phi) is 3.81. The molecule has 3 atom stereocenters. The van der Waals surface area contributed by atoms with Crippen molar-refractivity contribution in [2.75, 3.05) is 5.32 Å². The summed E-state index contributed by atoms with van der Waals surface area (Å²) in [6.07, 6.45) is -1.07. The monoisotopic (exact) mass is 368 g/mol. The molecule has 1 aromatic carbocycles. The van der Waals surface area contributed by atoms with Gasteiger partial charge in [-0.25, -0.2) is 10.4 Å². The molecule has 1 saturated heterocycles. The first-order valence-electron chi connectivity index (χ1n) is 6.50. The van der Waals surface area contributed by atoms with Crippen LogP contribution in [0.1, 0.15) is 0 Å². The Morgan fingerprint density at radius 2 is 2.18 bits per heavy atom. The van der Waals surface area contributed by atoms with E-state index in [-0.39, 0.29) is 0 Å². The first-order chi connectivity index (χ1) is 10.5. The van der Waals surface area contributed by atoms with Crippen LogP contribution >= 0.6 is 15.9 Å². The number of carbonyl (C=O) groups excluding carboxylic acids is 1. The van der Waals surface area contributed by atoms with Crippen LogP contribution in [0.5, 0.6) is 0 Å². The number of nitro groups is 1. The summed E-state index contributed by atoms with van der Waals surface area (Å²) in [5.74, 6) is -0.0191. The van der Waals surface area contributed by atoms with Crippen LogP contribution in [0.2, 0.25) is 0 Å². The van der Waals surface area contributed by atoms with E-state index >= 15 is 0 Å². The van der Waals surface area contributed by atoms with Gasteiger partial charge in [-0.05, 0) is 12.1 Å². The Morgan fingerprint density at radius 3 is 2.82 bits per heavy atom. The number of anilines is 1. The van der Waals surface area contributed by atoms with E-state index in [4.69, 9.17) is 0 Å². The van der Waals surface area contributed by atoms with Gasteiger partial charge in [0.1, 0.15) is 10.9 Å². The number of hydrazine groups is 1. The third kappa shape index (κ3) is 2.45. The molecular formula is C12H13BrN6O3. The molecule has 1 aliphatic heterocycles. The molecule has 3 unspecified atom stereocenters. The van der Waals surface area contributed by atoms with Gasteiger partial charge in [0.25, 0.3) is 6.17 Å². The summed E-state index contributed by atoms with van der Waals surface area (Å²) in [6, 6.07) is 6.70. The van der Waals surface area contributed by atoms with Crippen LogP contribution in [0.15, 0.2) is 24.3 Å². The van der Waals surface area contributed by atoms with Crippen molar-refractivity contribution < 1.29 is 9.72 Å². The third-order valence-electron chi connectivity index (χ3n) is 3.54. The number of carbonyl (C=O) groups is 1. The van der Waals surface area contributed by atoms with Crippen LogP contribution in [0, 0.1) is 10.1 Å². The first-order valence-corrected chi connectivity index (χ1v) is 7.41. The zero-order valence-electron chi connectivity index (χ0n) is 11.5. The van der Waals surface area contributed by atoms with E-state index in [1.165, 1.54) is 0 Å². The molecule has 0 radical (unpaired) electrons. The van der Waals surface area contributed by atoms with Crippen molar-refractivity contribution in [3.05, 3.63) is 34.4 Å². The highest BCUT2D eigenvalue weighted by Crippen LogP contribution is 2.20. The van der Waals surface area contributed by atoms with E-state index < -0.39 is 27.9 Å². The number of amides is 1. The van der Waals surface area contributed by atoms with E-state index in [9.17, 15) is 14.9 Å². The lowest BCUT2D eigenvalue weighted by Crippen LogP contribution is -2.42. The molecule has 1 aliphatic rings. The number of para-hydroxylation sites is 2. The molecule has 1 aromatic heterocycles. The number of nitrogens with one attached hydrogen (secondary N) is 3. The molecule has 0 bridgehead atoms. The predicted octanol–water partition coefficient (Wildman–Crippen LogP) is 0.355. The molecule has 2 heterocycles.